The quantitative estimate of drug-likeness (QED) is 0.762. The monoisotopic (exact) mass is 360 g/mol. The molecule has 1 unspecified atom stereocenters. The van der Waals surface area contributed by atoms with E-state index >= 15 is 0 Å². The number of rotatable bonds is 2. The molecule has 1 saturated heterocycles. The SMILES string of the molecule is NC1CCN(c2nc3c(cc2F)c(=O)ccn3-c2ccc(F)cc2F)C1. The van der Waals surface area contributed by atoms with Gasteiger partial charge in [-0.2, -0.15) is 0 Å². The minimum absolute atomic E-state index is 0.0135. The Kier molecular flexibility index (Phi) is 3.91. The van der Waals surface area contributed by atoms with Gasteiger partial charge < -0.3 is 10.6 Å². The van der Waals surface area contributed by atoms with E-state index in [9.17, 15) is 18.0 Å². The number of fused-ring (bicyclic) bond motifs is 1. The van der Waals surface area contributed by atoms with E-state index in [0.29, 0.717) is 19.5 Å². The first-order chi connectivity index (χ1) is 12.4. The number of hydrogen-bond acceptors (Lipinski definition) is 4. The molecular formula is C18H15F3N4O. The Hall–Kier alpha value is -2.87. The molecule has 2 aromatic heterocycles. The van der Waals surface area contributed by atoms with E-state index in [4.69, 9.17) is 5.73 Å². The first kappa shape index (κ1) is 16.6. The fraction of sp³-hybridized carbons (Fsp3) is 0.222. The van der Waals surface area contributed by atoms with Crippen LogP contribution in [0.25, 0.3) is 16.7 Å². The number of hydrogen-bond donors (Lipinski definition) is 1. The van der Waals surface area contributed by atoms with Gasteiger partial charge in [0.1, 0.15) is 11.6 Å². The van der Waals surface area contributed by atoms with Gasteiger partial charge in [0.25, 0.3) is 0 Å². The maximum atomic E-state index is 14.5. The zero-order valence-corrected chi connectivity index (χ0v) is 13.6. The number of aromatic nitrogens is 2. The second kappa shape index (κ2) is 6.14. The Labute approximate surface area is 146 Å². The standard InChI is InChI=1S/C18H15F3N4O/c19-10-1-2-15(13(20)7-10)25-6-4-16(26)12-8-14(21)18(23-17(12)25)24-5-3-11(22)9-24/h1-2,4,6-8,11H,3,5,9,22H2. The summed E-state index contributed by atoms with van der Waals surface area (Å²) < 4.78 is 43.3. The third-order valence-electron chi connectivity index (χ3n) is 4.50. The predicted molar refractivity (Wildman–Crippen MR) is 92.0 cm³/mol. The van der Waals surface area contributed by atoms with Crippen LogP contribution in [0.3, 0.4) is 0 Å². The summed E-state index contributed by atoms with van der Waals surface area (Å²) in [7, 11) is 0. The molecule has 5 nitrogen and oxygen atoms in total. The number of nitrogens with two attached hydrogens (primary N) is 1. The van der Waals surface area contributed by atoms with E-state index in [2.05, 4.69) is 4.98 Å². The lowest BCUT2D eigenvalue weighted by Crippen LogP contribution is -2.28. The lowest BCUT2D eigenvalue weighted by atomic mass is 10.2. The molecule has 26 heavy (non-hydrogen) atoms. The van der Waals surface area contributed by atoms with Gasteiger partial charge in [-0.1, -0.05) is 0 Å². The summed E-state index contributed by atoms with van der Waals surface area (Å²) in [6.07, 6.45) is 2.04. The van der Waals surface area contributed by atoms with Gasteiger partial charge in [0.2, 0.25) is 0 Å². The Bertz CT molecular complexity index is 1070. The molecule has 134 valence electrons. The fourth-order valence-corrected chi connectivity index (χ4v) is 3.21. The molecular weight excluding hydrogens is 345 g/mol. The second-order valence-electron chi connectivity index (χ2n) is 6.31. The molecule has 0 aliphatic carbocycles. The molecule has 3 aromatic rings. The molecule has 2 N–H and O–H groups in total. The van der Waals surface area contributed by atoms with E-state index < -0.39 is 22.9 Å². The van der Waals surface area contributed by atoms with E-state index in [-0.39, 0.29) is 28.6 Å². The van der Waals surface area contributed by atoms with Crippen molar-refractivity contribution in [1.29, 1.82) is 0 Å². The minimum Gasteiger partial charge on any atom is -0.353 e. The van der Waals surface area contributed by atoms with Crippen LogP contribution in [0.4, 0.5) is 19.0 Å². The van der Waals surface area contributed by atoms with Gasteiger partial charge in [0.15, 0.2) is 22.7 Å². The van der Waals surface area contributed by atoms with Crippen LogP contribution >= 0.6 is 0 Å². The molecule has 8 heteroatoms. The van der Waals surface area contributed by atoms with Crippen LogP contribution in [0.15, 0.2) is 41.3 Å². The largest absolute Gasteiger partial charge is 0.353 e. The Morgan fingerprint density at radius 2 is 1.92 bits per heavy atom. The molecule has 0 saturated carbocycles. The molecule has 1 fully saturated rings. The Balaban J connectivity index is 1.96. The van der Waals surface area contributed by atoms with Gasteiger partial charge in [-0.05, 0) is 24.6 Å². The maximum Gasteiger partial charge on any atom is 0.191 e. The fourth-order valence-electron chi connectivity index (χ4n) is 3.21. The molecule has 0 amide bonds. The van der Waals surface area contributed by atoms with Crippen LogP contribution in [0, 0.1) is 17.5 Å². The summed E-state index contributed by atoms with van der Waals surface area (Å²) in [5.74, 6) is -2.11. The summed E-state index contributed by atoms with van der Waals surface area (Å²) in [5.41, 5.74) is 5.55. The number of benzene rings is 1. The average Bonchev–Trinajstić information content (AvgIpc) is 3.02. The van der Waals surface area contributed by atoms with Crippen molar-refractivity contribution < 1.29 is 13.2 Å². The Morgan fingerprint density at radius 3 is 2.62 bits per heavy atom. The summed E-state index contributed by atoms with van der Waals surface area (Å²) in [4.78, 5) is 18.1. The molecule has 3 heterocycles. The van der Waals surface area contributed by atoms with E-state index in [0.717, 1.165) is 18.2 Å². The first-order valence-corrected chi connectivity index (χ1v) is 8.12. The predicted octanol–water partition coefficient (Wildman–Crippen LogP) is 2.34. The third-order valence-corrected chi connectivity index (χ3v) is 4.50. The average molecular weight is 360 g/mol. The van der Waals surface area contributed by atoms with Crippen LogP contribution in [-0.4, -0.2) is 28.7 Å². The highest BCUT2D eigenvalue weighted by atomic mass is 19.1. The highest BCUT2D eigenvalue weighted by molar-refractivity contribution is 5.79. The van der Waals surface area contributed by atoms with Crippen molar-refractivity contribution in [3.05, 3.63) is 64.2 Å². The van der Waals surface area contributed by atoms with Gasteiger partial charge in [0.05, 0.1) is 11.1 Å². The van der Waals surface area contributed by atoms with Crippen molar-refractivity contribution in [2.75, 3.05) is 18.0 Å². The van der Waals surface area contributed by atoms with Gasteiger partial charge >= 0.3 is 0 Å². The van der Waals surface area contributed by atoms with Crippen molar-refractivity contribution in [3.8, 4) is 5.69 Å². The van der Waals surface area contributed by atoms with Crippen molar-refractivity contribution in [3.63, 3.8) is 0 Å². The number of halogens is 3. The number of anilines is 1. The van der Waals surface area contributed by atoms with Gasteiger partial charge in [-0.25, -0.2) is 18.2 Å². The van der Waals surface area contributed by atoms with E-state index in [1.165, 1.54) is 22.9 Å². The number of pyridine rings is 2. The van der Waals surface area contributed by atoms with Crippen molar-refractivity contribution in [2.45, 2.75) is 12.5 Å². The molecule has 1 atom stereocenters. The van der Waals surface area contributed by atoms with Crippen LogP contribution in [0.1, 0.15) is 6.42 Å². The lowest BCUT2D eigenvalue weighted by Gasteiger charge is -2.19. The van der Waals surface area contributed by atoms with Crippen LogP contribution in [0.2, 0.25) is 0 Å². The molecule has 1 aliphatic rings. The second-order valence-corrected chi connectivity index (χ2v) is 6.31. The summed E-state index contributed by atoms with van der Waals surface area (Å²) in [6, 6.07) is 5.29. The van der Waals surface area contributed by atoms with Crippen molar-refractivity contribution in [2.24, 2.45) is 5.73 Å². The van der Waals surface area contributed by atoms with E-state index in [1.54, 1.807) is 4.90 Å². The summed E-state index contributed by atoms with van der Waals surface area (Å²) in [6.45, 7) is 0.982. The van der Waals surface area contributed by atoms with Gasteiger partial charge in [-0.3, -0.25) is 9.36 Å². The highest BCUT2D eigenvalue weighted by Crippen LogP contribution is 2.26. The van der Waals surface area contributed by atoms with Crippen molar-refractivity contribution >= 4 is 16.9 Å². The lowest BCUT2D eigenvalue weighted by molar-refractivity contribution is 0.578. The van der Waals surface area contributed by atoms with Crippen LogP contribution < -0.4 is 16.1 Å². The minimum atomic E-state index is -0.814. The van der Waals surface area contributed by atoms with Crippen LogP contribution in [0.5, 0.6) is 0 Å². The molecule has 0 radical (unpaired) electrons. The first-order valence-electron chi connectivity index (χ1n) is 8.12. The van der Waals surface area contributed by atoms with Gasteiger partial charge in [-0.15, -0.1) is 0 Å². The number of nitrogens with zero attached hydrogens (tertiary/aromatic N) is 3. The van der Waals surface area contributed by atoms with Crippen molar-refractivity contribution in [1.82, 2.24) is 9.55 Å². The zero-order valence-electron chi connectivity index (χ0n) is 13.6. The molecule has 1 aliphatic heterocycles. The molecule has 4 rings (SSSR count). The third kappa shape index (κ3) is 2.72. The normalized spacial score (nSPS) is 17.2. The summed E-state index contributed by atoms with van der Waals surface area (Å²) in [5, 5.41) is 0.0148. The molecule has 1 aromatic carbocycles. The zero-order chi connectivity index (χ0) is 18.4. The highest BCUT2D eigenvalue weighted by Gasteiger charge is 2.24. The topological polar surface area (TPSA) is 64.2 Å². The summed E-state index contributed by atoms with van der Waals surface area (Å²) >= 11 is 0. The smallest absolute Gasteiger partial charge is 0.191 e. The molecule has 0 bridgehead atoms. The Morgan fingerprint density at radius 1 is 1.12 bits per heavy atom. The van der Waals surface area contributed by atoms with E-state index in [1.807, 2.05) is 0 Å². The maximum absolute atomic E-state index is 14.5. The molecule has 0 spiro atoms. The van der Waals surface area contributed by atoms with Crippen LogP contribution in [-0.2, 0) is 0 Å². The van der Waals surface area contributed by atoms with Gasteiger partial charge in [0, 0.05) is 37.5 Å².